The summed E-state index contributed by atoms with van der Waals surface area (Å²) in [5.74, 6) is -0.503. The molecule has 0 saturated heterocycles. The van der Waals surface area contributed by atoms with Crippen LogP contribution in [0.3, 0.4) is 0 Å². The zero-order chi connectivity index (χ0) is 13.3. The second-order valence-corrected chi connectivity index (χ2v) is 4.77. The van der Waals surface area contributed by atoms with Crippen LogP contribution in [0.15, 0.2) is 17.1 Å². The van der Waals surface area contributed by atoms with Crippen LogP contribution < -0.4 is 9.47 Å². The van der Waals surface area contributed by atoms with Gasteiger partial charge >= 0.3 is 5.97 Å². The highest BCUT2D eigenvalue weighted by Crippen LogP contribution is 2.40. The lowest BCUT2D eigenvalue weighted by Gasteiger charge is -2.33. The molecule has 0 amide bonds. The van der Waals surface area contributed by atoms with Gasteiger partial charge in [0.15, 0.2) is 0 Å². The quantitative estimate of drug-likeness (QED) is 0.786. The Morgan fingerprint density at radius 2 is 2.06 bits per heavy atom. The molecule has 1 aromatic carbocycles. The molecule has 1 aromatic rings. The number of fused-ring (bicyclic) bond motifs is 1. The predicted molar refractivity (Wildman–Crippen MR) is 71.1 cm³/mol. The van der Waals surface area contributed by atoms with Gasteiger partial charge in [0.05, 0.1) is 7.11 Å². The molecule has 0 aromatic heterocycles. The van der Waals surface area contributed by atoms with Crippen molar-refractivity contribution >= 4 is 28.0 Å². The zero-order valence-corrected chi connectivity index (χ0v) is 11.9. The van der Waals surface area contributed by atoms with Crippen molar-refractivity contribution in [2.24, 2.45) is 0 Å². The summed E-state index contributed by atoms with van der Waals surface area (Å²) in [6.07, 6.45) is 1.80. The Morgan fingerprint density at radius 3 is 2.67 bits per heavy atom. The van der Waals surface area contributed by atoms with Gasteiger partial charge in [-0.1, -0.05) is 15.9 Å². The van der Waals surface area contributed by atoms with Crippen LogP contribution in [0.2, 0.25) is 0 Å². The number of hydrogen-bond donors (Lipinski definition) is 0. The summed E-state index contributed by atoms with van der Waals surface area (Å²) < 4.78 is 16.1. The van der Waals surface area contributed by atoms with Gasteiger partial charge in [-0.15, -0.1) is 0 Å². The average molecular weight is 313 g/mol. The largest absolute Gasteiger partial charge is 0.496 e. The number of methoxy groups -OCH3 is 1. The third-order valence-electron chi connectivity index (χ3n) is 2.50. The fraction of sp³-hybridized carbons (Fsp3) is 0.308. The molecule has 1 heterocycles. The van der Waals surface area contributed by atoms with Gasteiger partial charge in [0.25, 0.3) is 0 Å². The van der Waals surface area contributed by atoms with E-state index in [-0.39, 0.29) is 0 Å². The van der Waals surface area contributed by atoms with E-state index in [1.165, 1.54) is 7.11 Å². The molecule has 0 radical (unpaired) electrons. The molecule has 0 spiro atoms. The van der Waals surface area contributed by atoms with E-state index in [4.69, 9.17) is 14.2 Å². The van der Waals surface area contributed by atoms with Crippen molar-refractivity contribution in [1.29, 1.82) is 0 Å². The molecule has 0 unspecified atom stereocenters. The Labute approximate surface area is 114 Å². The molecule has 96 valence electrons. The van der Waals surface area contributed by atoms with Gasteiger partial charge < -0.3 is 14.2 Å². The van der Waals surface area contributed by atoms with Crippen LogP contribution >= 0.6 is 15.9 Å². The van der Waals surface area contributed by atoms with E-state index in [1.54, 1.807) is 31.0 Å². The highest BCUT2D eigenvalue weighted by Gasteiger charge is 2.37. The number of cyclic esters (lactones) is 1. The molecule has 4 nitrogen and oxygen atoms in total. The van der Waals surface area contributed by atoms with Crippen molar-refractivity contribution in [3.05, 3.63) is 28.2 Å². The van der Waals surface area contributed by atoms with Crippen LogP contribution in [0.4, 0.5) is 0 Å². The average Bonchev–Trinajstić information content (AvgIpc) is 2.28. The molecule has 0 N–H and O–H groups in total. The minimum absolute atomic E-state index is 0.319. The third kappa shape index (κ3) is 2.22. The van der Waals surface area contributed by atoms with Crippen LogP contribution in [-0.4, -0.2) is 18.9 Å². The van der Waals surface area contributed by atoms with Gasteiger partial charge in [-0.05, 0) is 23.2 Å². The maximum absolute atomic E-state index is 12.0. The maximum atomic E-state index is 12.0. The van der Waals surface area contributed by atoms with Crippen molar-refractivity contribution in [2.75, 3.05) is 7.11 Å². The first-order valence-corrected chi connectivity index (χ1v) is 6.30. The van der Waals surface area contributed by atoms with E-state index in [9.17, 15) is 4.79 Å². The smallest absolute Gasteiger partial charge is 0.349 e. The third-order valence-corrected chi connectivity index (χ3v) is 2.77. The van der Waals surface area contributed by atoms with E-state index in [2.05, 4.69) is 15.9 Å². The van der Waals surface area contributed by atoms with E-state index in [0.717, 1.165) is 5.56 Å². The molecule has 0 fully saturated rings. The van der Waals surface area contributed by atoms with Crippen molar-refractivity contribution in [2.45, 2.75) is 19.6 Å². The lowest BCUT2D eigenvalue weighted by molar-refractivity contribution is -0.127. The van der Waals surface area contributed by atoms with Gasteiger partial charge in [-0.2, -0.15) is 0 Å². The fourth-order valence-corrected chi connectivity index (χ4v) is 2.08. The van der Waals surface area contributed by atoms with Gasteiger partial charge in [-0.3, -0.25) is 0 Å². The number of carbonyl (C=O) groups excluding carboxylic acids is 1. The molecular weight excluding hydrogens is 300 g/mol. The highest BCUT2D eigenvalue weighted by atomic mass is 79.9. The Hall–Kier alpha value is -1.49. The minimum atomic E-state index is -0.981. The number of rotatable bonds is 2. The molecule has 0 atom stereocenters. The minimum Gasteiger partial charge on any atom is -0.496 e. The normalized spacial score (nSPS) is 17.0. The number of benzene rings is 1. The maximum Gasteiger partial charge on any atom is 0.349 e. The number of esters is 1. The summed E-state index contributed by atoms with van der Waals surface area (Å²) in [5.41, 5.74) is 1.10. The molecule has 0 saturated carbocycles. The molecule has 18 heavy (non-hydrogen) atoms. The van der Waals surface area contributed by atoms with Crippen molar-refractivity contribution in [3.8, 4) is 11.5 Å². The summed E-state index contributed by atoms with van der Waals surface area (Å²) in [5, 5.41) is 0. The van der Waals surface area contributed by atoms with Crippen molar-refractivity contribution in [3.63, 3.8) is 0 Å². The van der Waals surface area contributed by atoms with E-state index >= 15 is 0 Å². The van der Waals surface area contributed by atoms with Gasteiger partial charge in [-0.25, -0.2) is 4.79 Å². The van der Waals surface area contributed by atoms with Crippen LogP contribution in [0, 0.1) is 0 Å². The number of hydrogen-bond acceptors (Lipinski definition) is 4. The van der Waals surface area contributed by atoms with Crippen LogP contribution in [0.25, 0.3) is 6.08 Å². The lowest BCUT2D eigenvalue weighted by Crippen LogP contribution is -2.39. The Balaban J connectivity index is 2.66. The lowest BCUT2D eigenvalue weighted by atomic mass is 10.1. The summed E-state index contributed by atoms with van der Waals surface area (Å²) in [7, 11) is 1.50. The SMILES string of the molecule is COc1ccc(/C=C\Br)c2c1C(=O)OC(C)(C)O2. The fourth-order valence-electron chi connectivity index (χ4n) is 1.79. The first-order chi connectivity index (χ1) is 8.48. The Bertz CT molecular complexity index is 520. The summed E-state index contributed by atoms with van der Waals surface area (Å²) in [6, 6.07) is 3.54. The first kappa shape index (κ1) is 13.0. The van der Waals surface area contributed by atoms with Crippen LogP contribution in [-0.2, 0) is 4.74 Å². The second-order valence-electron chi connectivity index (χ2n) is 4.25. The van der Waals surface area contributed by atoms with Crippen molar-refractivity contribution < 1.29 is 19.0 Å². The topological polar surface area (TPSA) is 44.8 Å². The Kier molecular flexibility index (Phi) is 3.34. The number of carbonyl (C=O) groups is 1. The highest BCUT2D eigenvalue weighted by molar-refractivity contribution is 9.11. The molecular formula is C13H13BrO4. The molecule has 1 aliphatic heterocycles. The number of halogens is 1. The van der Waals surface area contributed by atoms with Crippen LogP contribution in [0.5, 0.6) is 11.5 Å². The van der Waals surface area contributed by atoms with E-state index in [1.807, 2.05) is 6.07 Å². The van der Waals surface area contributed by atoms with Gasteiger partial charge in [0, 0.05) is 19.4 Å². The molecule has 5 heteroatoms. The standard InChI is InChI=1S/C13H13BrO4/c1-13(2)17-11-8(6-7-14)4-5-9(16-3)10(11)12(15)18-13/h4-7H,1-3H3/b7-6-. The molecule has 2 rings (SSSR count). The Morgan fingerprint density at radius 1 is 1.33 bits per heavy atom. The first-order valence-electron chi connectivity index (χ1n) is 5.38. The molecule has 0 bridgehead atoms. The van der Waals surface area contributed by atoms with Crippen LogP contribution in [0.1, 0.15) is 29.8 Å². The molecule has 1 aliphatic rings. The summed E-state index contributed by atoms with van der Waals surface area (Å²) in [4.78, 5) is 13.7. The summed E-state index contributed by atoms with van der Waals surface area (Å²) >= 11 is 3.21. The molecule has 0 aliphatic carbocycles. The predicted octanol–water partition coefficient (Wildman–Crippen LogP) is 3.35. The van der Waals surface area contributed by atoms with E-state index in [0.29, 0.717) is 17.1 Å². The zero-order valence-electron chi connectivity index (χ0n) is 10.3. The van der Waals surface area contributed by atoms with Gasteiger partial charge in [0.1, 0.15) is 17.1 Å². The van der Waals surface area contributed by atoms with E-state index < -0.39 is 11.8 Å². The second kappa shape index (κ2) is 4.65. The number of ether oxygens (including phenoxy) is 3. The van der Waals surface area contributed by atoms with Crippen molar-refractivity contribution in [1.82, 2.24) is 0 Å². The van der Waals surface area contributed by atoms with Gasteiger partial charge in [0.2, 0.25) is 5.79 Å². The monoisotopic (exact) mass is 312 g/mol. The summed E-state index contributed by atoms with van der Waals surface area (Å²) in [6.45, 7) is 3.38.